The molecule has 0 bridgehead atoms. The molecule has 5 aromatic rings. The molecule has 0 aliphatic carbocycles. The minimum atomic E-state index is 0.676. The molecule has 5 rings (SSSR count). The number of hydrogen-bond acceptors (Lipinski definition) is 6. The summed E-state index contributed by atoms with van der Waals surface area (Å²) in [7, 11) is 0. The highest BCUT2D eigenvalue weighted by molar-refractivity contribution is 7.98. The minimum Gasteiger partial charge on any atom is -0.341 e. The van der Waals surface area contributed by atoms with Crippen molar-refractivity contribution in [2.24, 2.45) is 0 Å². The number of H-pyrrole nitrogens is 2. The van der Waals surface area contributed by atoms with Gasteiger partial charge < -0.3 is 4.98 Å². The first-order chi connectivity index (χ1) is 13.3. The molecule has 0 saturated carbocycles. The van der Waals surface area contributed by atoms with Gasteiger partial charge >= 0.3 is 0 Å². The van der Waals surface area contributed by atoms with Crippen LogP contribution in [-0.2, 0) is 5.75 Å². The third kappa shape index (κ3) is 2.83. The van der Waals surface area contributed by atoms with Crippen LogP contribution in [-0.4, -0.2) is 35.1 Å². The molecular formula is C19H15N7S. The number of pyridine rings is 1. The molecule has 27 heavy (non-hydrogen) atoms. The minimum absolute atomic E-state index is 0.676. The van der Waals surface area contributed by atoms with Gasteiger partial charge in [0.1, 0.15) is 16.9 Å². The molecule has 0 aliphatic heterocycles. The van der Waals surface area contributed by atoms with Crippen LogP contribution in [0.3, 0.4) is 0 Å². The third-order valence-corrected chi connectivity index (χ3v) is 5.49. The summed E-state index contributed by atoms with van der Waals surface area (Å²) in [6.07, 6.45) is 6.86. The topological polar surface area (TPSA) is 96.0 Å². The molecule has 0 aliphatic rings. The van der Waals surface area contributed by atoms with Crippen molar-refractivity contribution < 1.29 is 0 Å². The standard InChI is InChI=1S/C19H15N7S/c1-11-3-2-4-12-5-13(16(26-15(11)12)14-6-24-25-7-14)8-27-19-17-18(21-9-20-17)22-10-23-19/h2-7,9-10H,8H2,1H3,(H,24,25)(H,20,21,22,23). The van der Waals surface area contributed by atoms with E-state index >= 15 is 0 Å². The lowest BCUT2D eigenvalue weighted by molar-refractivity contribution is 1.08. The lowest BCUT2D eigenvalue weighted by Crippen LogP contribution is -1.95. The van der Waals surface area contributed by atoms with Crippen molar-refractivity contribution in [3.05, 3.63) is 60.4 Å². The van der Waals surface area contributed by atoms with Crippen molar-refractivity contribution in [3.63, 3.8) is 0 Å². The predicted octanol–water partition coefficient (Wildman–Crippen LogP) is 3.89. The number of aromatic amines is 2. The van der Waals surface area contributed by atoms with Gasteiger partial charge in [-0.25, -0.2) is 19.9 Å². The van der Waals surface area contributed by atoms with Gasteiger partial charge in [-0.15, -0.1) is 0 Å². The highest BCUT2D eigenvalue weighted by Gasteiger charge is 2.14. The van der Waals surface area contributed by atoms with Crippen molar-refractivity contribution in [1.29, 1.82) is 0 Å². The van der Waals surface area contributed by atoms with Crippen LogP contribution < -0.4 is 0 Å². The van der Waals surface area contributed by atoms with Crippen molar-refractivity contribution in [2.75, 3.05) is 0 Å². The van der Waals surface area contributed by atoms with Crippen LogP contribution in [0.2, 0.25) is 0 Å². The average Bonchev–Trinajstić information content (AvgIpc) is 3.38. The van der Waals surface area contributed by atoms with Crippen LogP contribution in [0.25, 0.3) is 33.3 Å². The highest BCUT2D eigenvalue weighted by atomic mass is 32.2. The monoisotopic (exact) mass is 373 g/mol. The molecular weight excluding hydrogens is 358 g/mol. The summed E-state index contributed by atoms with van der Waals surface area (Å²) in [4.78, 5) is 20.8. The van der Waals surface area contributed by atoms with Crippen molar-refractivity contribution in [1.82, 2.24) is 35.1 Å². The Labute approximate surface area is 158 Å². The summed E-state index contributed by atoms with van der Waals surface area (Å²) >= 11 is 1.64. The second-order valence-electron chi connectivity index (χ2n) is 6.20. The highest BCUT2D eigenvalue weighted by Crippen LogP contribution is 2.32. The van der Waals surface area contributed by atoms with Gasteiger partial charge in [-0.1, -0.05) is 30.0 Å². The van der Waals surface area contributed by atoms with Crippen LogP contribution in [0.5, 0.6) is 0 Å². The van der Waals surface area contributed by atoms with Gasteiger partial charge in [0.15, 0.2) is 5.65 Å². The molecule has 0 amide bonds. The number of nitrogens with one attached hydrogen (secondary N) is 2. The number of thioether (sulfide) groups is 1. The number of fused-ring (bicyclic) bond motifs is 2. The Morgan fingerprint density at radius 3 is 3.00 bits per heavy atom. The zero-order valence-electron chi connectivity index (χ0n) is 14.5. The Morgan fingerprint density at radius 1 is 1.15 bits per heavy atom. The Bertz CT molecular complexity index is 1240. The summed E-state index contributed by atoms with van der Waals surface area (Å²) in [6, 6.07) is 8.45. The van der Waals surface area contributed by atoms with E-state index in [0.717, 1.165) is 49.6 Å². The fourth-order valence-corrected chi connectivity index (χ4v) is 4.06. The number of imidazole rings is 1. The van der Waals surface area contributed by atoms with Crippen LogP contribution in [0.1, 0.15) is 11.1 Å². The largest absolute Gasteiger partial charge is 0.341 e. The van der Waals surface area contributed by atoms with E-state index in [1.165, 1.54) is 0 Å². The number of aryl methyl sites for hydroxylation is 1. The Morgan fingerprint density at radius 2 is 2.11 bits per heavy atom. The molecule has 4 aromatic heterocycles. The van der Waals surface area contributed by atoms with Crippen LogP contribution in [0.15, 0.2) is 54.3 Å². The summed E-state index contributed by atoms with van der Waals surface area (Å²) in [5, 5.41) is 8.98. The Hall–Kier alpha value is -3.26. The second kappa shape index (κ2) is 6.48. The van der Waals surface area contributed by atoms with Gasteiger partial charge in [0, 0.05) is 22.9 Å². The Balaban J connectivity index is 1.59. The SMILES string of the molecule is Cc1cccc2cc(CSc3ncnc4nc[nH]c34)c(-c3cn[nH]c3)nc12. The van der Waals surface area contributed by atoms with E-state index in [1.54, 1.807) is 30.6 Å². The first-order valence-corrected chi connectivity index (χ1v) is 9.43. The molecule has 132 valence electrons. The summed E-state index contributed by atoms with van der Waals surface area (Å²) < 4.78 is 0. The molecule has 0 spiro atoms. The van der Waals surface area contributed by atoms with Crippen LogP contribution in [0.4, 0.5) is 0 Å². The molecule has 2 N–H and O–H groups in total. The van der Waals surface area contributed by atoms with Crippen molar-refractivity contribution in [3.8, 4) is 11.3 Å². The molecule has 0 saturated heterocycles. The molecule has 1 aromatic carbocycles. The number of para-hydroxylation sites is 1. The van der Waals surface area contributed by atoms with E-state index < -0.39 is 0 Å². The quantitative estimate of drug-likeness (QED) is 0.366. The number of benzene rings is 1. The smallest absolute Gasteiger partial charge is 0.181 e. The van der Waals surface area contributed by atoms with Gasteiger partial charge in [0.05, 0.1) is 23.7 Å². The number of nitrogens with zero attached hydrogens (tertiary/aromatic N) is 5. The molecule has 8 heteroatoms. The predicted molar refractivity (Wildman–Crippen MR) is 105 cm³/mol. The maximum Gasteiger partial charge on any atom is 0.181 e. The molecule has 4 heterocycles. The van der Waals surface area contributed by atoms with E-state index in [4.69, 9.17) is 4.98 Å². The van der Waals surface area contributed by atoms with Gasteiger partial charge in [-0.05, 0) is 24.1 Å². The number of aromatic nitrogens is 7. The zero-order chi connectivity index (χ0) is 18.2. The first-order valence-electron chi connectivity index (χ1n) is 8.45. The number of rotatable bonds is 4. The first kappa shape index (κ1) is 16.0. The van der Waals surface area contributed by atoms with Crippen molar-refractivity contribution in [2.45, 2.75) is 17.7 Å². The van der Waals surface area contributed by atoms with Gasteiger partial charge in [-0.3, -0.25) is 5.10 Å². The lowest BCUT2D eigenvalue weighted by Gasteiger charge is -2.11. The average molecular weight is 373 g/mol. The van der Waals surface area contributed by atoms with Gasteiger partial charge in [-0.2, -0.15) is 5.10 Å². The van der Waals surface area contributed by atoms with E-state index in [9.17, 15) is 0 Å². The molecule has 0 atom stereocenters. The Kier molecular flexibility index (Phi) is 3.83. The second-order valence-corrected chi connectivity index (χ2v) is 7.16. The summed E-state index contributed by atoms with van der Waals surface area (Å²) in [5.41, 5.74) is 6.75. The van der Waals surface area contributed by atoms with E-state index in [0.29, 0.717) is 5.65 Å². The summed E-state index contributed by atoms with van der Waals surface area (Å²) in [5.74, 6) is 0.725. The summed E-state index contributed by atoms with van der Waals surface area (Å²) in [6.45, 7) is 2.08. The molecule has 7 nitrogen and oxygen atoms in total. The molecule has 0 fully saturated rings. The fourth-order valence-electron chi connectivity index (χ4n) is 3.13. The van der Waals surface area contributed by atoms with E-state index in [1.807, 2.05) is 6.20 Å². The fraction of sp³-hybridized carbons (Fsp3) is 0.105. The lowest BCUT2D eigenvalue weighted by atomic mass is 10.0. The van der Waals surface area contributed by atoms with E-state index in [2.05, 4.69) is 61.3 Å². The zero-order valence-corrected chi connectivity index (χ0v) is 15.3. The number of hydrogen-bond donors (Lipinski definition) is 2. The van der Waals surface area contributed by atoms with Gasteiger partial charge in [0.2, 0.25) is 0 Å². The van der Waals surface area contributed by atoms with Gasteiger partial charge in [0.25, 0.3) is 0 Å². The van der Waals surface area contributed by atoms with Crippen LogP contribution >= 0.6 is 11.8 Å². The maximum atomic E-state index is 4.96. The molecule has 0 radical (unpaired) electrons. The third-order valence-electron chi connectivity index (χ3n) is 4.45. The van der Waals surface area contributed by atoms with Crippen molar-refractivity contribution >= 4 is 33.8 Å². The van der Waals surface area contributed by atoms with Crippen LogP contribution in [0, 0.1) is 6.92 Å². The van der Waals surface area contributed by atoms with E-state index in [-0.39, 0.29) is 0 Å². The molecule has 0 unspecified atom stereocenters. The maximum absolute atomic E-state index is 4.96. The normalized spacial score (nSPS) is 11.4.